The van der Waals surface area contributed by atoms with Crippen LogP contribution >= 0.6 is 0 Å². The average Bonchev–Trinajstić information content (AvgIpc) is 2.72. The van der Waals surface area contributed by atoms with E-state index in [4.69, 9.17) is 9.47 Å². The molecule has 2 N–H and O–H groups in total. The zero-order valence-corrected chi connectivity index (χ0v) is 16.6. The second kappa shape index (κ2) is 10.6. The molecule has 0 unspecified atom stereocenters. The Labute approximate surface area is 166 Å². The van der Waals surface area contributed by atoms with E-state index in [1.807, 2.05) is 24.3 Å². The number of likely N-dealkylation sites (N-methyl/N-ethyl adjacent to an activating group) is 1. The van der Waals surface area contributed by atoms with E-state index in [0.29, 0.717) is 18.3 Å². The number of hydrazone groups is 1. The Morgan fingerprint density at radius 1 is 1.25 bits per heavy atom. The SMILES string of the molecule is CCNCCOc1cc(N2CCOCC2)cc(NN=Cc2cccc(C)c2)n1. The van der Waals surface area contributed by atoms with Crippen molar-refractivity contribution in [2.45, 2.75) is 13.8 Å². The summed E-state index contributed by atoms with van der Waals surface area (Å²) in [5.41, 5.74) is 6.34. The van der Waals surface area contributed by atoms with Crippen LogP contribution in [0.25, 0.3) is 0 Å². The van der Waals surface area contributed by atoms with E-state index in [0.717, 1.165) is 50.6 Å². The number of hydrogen-bond donors (Lipinski definition) is 2. The lowest BCUT2D eigenvalue weighted by Crippen LogP contribution is -2.36. The first-order valence-electron chi connectivity index (χ1n) is 9.78. The highest BCUT2D eigenvalue weighted by atomic mass is 16.5. The van der Waals surface area contributed by atoms with Gasteiger partial charge in [-0.2, -0.15) is 10.1 Å². The van der Waals surface area contributed by atoms with Gasteiger partial charge in [-0.25, -0.2) is 0 Å². The van der Waals surface area contributed by atoms with Crippen molar-refractivity contribution in [3.63, 3.8) is 0 Å². The van der Waals surface area contributed by atoms with Gasteiger partial charge in [0.05, 0.1) is 19.4 Å². The zero-order valence-electron chi connectivity index (χ0n) is 16.6. The van der Waals surface area contributed by atoms with Crippen molar-refractivity contribution in [2.75, 3.05) is 56.3 Å². The van der Waals surface area contributed by atoms with Gasteiger partial charge in [-0.05, 0) is 19.0 Å². The van der Waals surface area contributed by atoms with E-state index in [1.165, 1.54) is 5.56 Å². The summed E-state index contributed by atoms with van der Waals surface area (Å²) < 4.78 is 11.3. The van der Waals surface area contributed by atoms with E-state index < -0.39 is 0 Å². The highest BCUT2D eigenvalue weighted by molar-refractivity contribution is 5.80. The van der Waals surface area contributed by atoms with Gasteiger partial charge in [0.15, 0.2) is 5.82 Å². The first-order valence-corrected chi connectivity index (χ1v) is 9.78. The Bertz CT molecular complexity index is 775. The maximum absolute atomic E-state index is 5.84. The lowest BCUT2D eigenvalue weighted by atomic mass is 10.2. The normalized spacial score (nSPS) is 14.4. The number of morpholine rings is 1. The maximum atomic E-state index is 5.84. The second-order valence-electron chi connectivity index (χ2n) is 6.63. The third-order valence-electron chi connectivity index (χ3n) is 4.38. The molecule has 1 aliphatic heterocycles. The van der Waals surface area contributed by atoms with Gasteiger partial charge < -0.3 is 19.7 Å². The van der Waals surface area contributed by atoms with Gasteiger partial charge in [-0.1, -0.05) is 36.8 Å². The van der Waals surface area contributed by atoms with Gasteiger partial charge in [0, 0.05) is 37.5 Å². The van der Waals surface area contributed by atoms with Crippen molar-refractivity contribution in [1.29, 1.82) is 0 Å². The smallest absolute Gasteiger partial charge is 0.217 e. The molecule has 0 aliphatic carbocycles. The van der Waals surface area contributed by atoms with Gasteiger partial charge in [0.2, 0.25) is 5.88 Å². The summed E-state index contributed by atoms with van der Waals surface area (Å²) in [5.74, 6) is 1.25. The number of ether oxygens (including phenoxy) is 2. The monoisotopic (exact) mass is 383 g/mol. The third-order valence-corrected chi connectivity index (χ3v) is 4.38. The number of nitrogens with one attached hydrogen (secondary N) is 2. The third kappa shape index (κ3) is 6.21. The fourth-order valence-electron chi connectivity index (χ4n) is 2.95. The summed E-state index contributed by atoms with van der Waals surface area (Å²) in [4.78, 5) is 6.82. The van der Waals surface area contributed by atoms with Crippen LogP contribution in [0.15, 0.2) is 41.5 Å². The van der Waals surface area contributed by atoms with Crippen LogP contribution in [0.4, 0.5) is 11.5 Å². The number of aryl methyl sites for hydroxylation is 1. The minimum Gasteiger partial charge on any atom is -0.476 e. The molecule has 1 saturated heterocycles. The summed E-state index contributed by atoms with van der Waals surface area (Å²) in [6.45, 7) is 9.58. The topological polar surface area (TPSA) is 71.0 Å². The molecule has 0 spiro atoms. The van der Waals surface area contributed by atoms with Crippen molar-refractivity contribution in [3.05, 3.63) is 47.5 Å². The fourth-order valence-corrected chi connectivity index (χ4v) is 2.95. The van der Waals surface area contributed by atoms with Gasteiger partial charge >= 0.3 is 0 Å². The highest BCUT2D eigenvalue weighted by Crippen LogP contribution is 2.24. The summed E-state index contributed by atoms with van der Waals surface area (Å²) in [7, 11) is 0. The summed E-state index contributed by atoms with van der Waals surface area (Å²) in [6, 6.07) is 12.2. The molecular formula is C21H29N5O2. The number of rotatable bonds is 9. The minimum atomic E-state index is 0.569. The molecule has 1 aromatic heterocycles. The largest absolute Gasteiger partial charge is 0.476 e. The van der Waals surface area contributed by atoms with Crippen LogP contribution in [0.5, 0.6) is 5.88 Å². The van der Waals surface area contributed by atoms with Gasteiger partial charge in [-0.15, -0.1) is 0 Å². The van der Waals surface area contributed by atoms with Gasteiger partial charge in [0.1, 0.15) is 6.61 Å². The Hall–Kier alpha value is -2.64. The molecule has 0 atom stereocenters. The van der Waals surface area contributed by atoms with Crippen LogP contribution in [0, 0.1) is 6.92 Å². The Morgan fingerprint density at radius 3 is 2.89 bits per heavy atom. The molecule has 2 heterocycles. The molecule has 28 heavy (non-hydrogen) atoms. The van der Waals surface area contributed by atoms with E-state index in [-0.39, 0.29) is 0 Å². The maximum Gasteiger partial charge on any atom is 0.217 e. The Morgan fingerprint density at radius 2 is 2.11 bits per heavy atom. The van der Waals surface area contributed by atoms with Gasteiger partial charge in [-0.3, -0.25) is 5.43 Å². The van der Waals surface area contributed by atoms with Crippen LogP contribution in [0.1, 0.15) is 18.1 Å². The molecular weight excluding hydrogens is 354 g/mol. The second-order valence-corrected chi connectivity index (χ2v) is 6.63. The van der Waals surface area contributed by atoms with Crippen LogP contribution < -0.4 is 20.4 Å². The molecule has 0 amide bonds. The lowest BCUT2D eigenvalue weighted by molar-refractivity contribution is 0.122. The van der Waals surface area contributed by atoms with Gasteiger partial charge in [0.25, 0.3) is 0 Å². The minimum absolute atomic E-state index is 0.569. The Kier molecular flexibility index (Phi) is 7.63. The van der Waals surface area contributed by atoms with Crippen molar-refractivity contribution >= 4 is 17.7 Å². The van der Waals surface area contributed by atoms with Crippen LogP contribution in [0.3, 0.4) is 0 Å². The molecule has 7 heteroatoms. The van der Waals surface area contributed by atoms with Crippen LogP contribution in [-0.2, 0) is 4.74 Å². The number of hydrogen-bond acceptors (Lipinski definition) is 7. The number of aromatic nitrogens is 1. The standard InChI is InChI=1S/C21H29N5O2/c1-3-22-7-10-28-21-15-19(26-8-11-27-12-9-26)14-20(24-21)25-23-16-18-6-4-5-17(2)13-18/h4-6,13-16,22H,3,7-12H2,1-2H3,(H,24,25). The van der Waals surface area contributed by atoms with Crippen molar-refractivity contribution in [3.8, 4) is 5.88 Å². The van der Waals surface area contributed by atoms with Crippen LogP contribution in [-0.4, -0.2) is 57.2 Å². The molecule has 0 saturated carbocycles. The predicted molar refractivity (Wildman–Crippen MR) is 114 cm³/mol. The summed E-state index contributed by atoms with van der Waals surface area (Å²) in [6.07, 6.45) is 1.79. The lowest BCUT2D eigenvalue weighted by Gasteiger charge is -2.29. The number of anilines is 2. The molecule has 1 aromatic carbocycles. The van der Waals surface area contributed by atoms with E-state index in [2.05, 4.69) is 51.7 Å². The van der Waals surface area contributed by atoms with E-state index in [1.54, 1.807) is 6.21 Å². The number of benzene rings is 1. The fraction of sp³-hybridized carbons (Fsp3) is 0.429. The highest BCUT2D eigenvalue weighted by Gasteiger charge is 2.14. The van der Waals surface area contributed by atoms with Crippen molar-refractivity contribution in [1.82, 2.24) is 10.3 Å². The first kappa shape index (κ1) is 20.1. The number of pyridine rings is 1. The molecule has 150 valence electrons. The van der Waals surface area contributed by atoms with Crippen LogP contribution in [0.2, 0.25) is 0 Å². The molecule has 2 aromatic rings. The first-order chi connectivity index (χ1) is 13.7. The Balaban J connectivity index is 1.71. The van der Waals surface area contributed by atoms with E-state index in [9.17, 15) is 0 Å². The molecule has 1 fully saturated rings. The molecule has 3 rings (SSSR count). The van der Waals surface area contributed by atoms with Crippen molar-refractivity contribution < 1.29 is 9.47 Å². The number of nitrogens with zero attached hydrogens (tertiary/aromatic N) is 3. The zero-order chi connectivity index (χ0) is 19.6. The molecule has 0 bridgehead atoms. The van der Waals surface area contributed by atoms with E-state index >= 15 is 0 Å². The molecule has 7 nitrogen and oxygen atoms in total. The summed E-state index contributed by atoms with van der Waals surface area (Å²) in [5, 5.41) is 7.59. The molecule has 0 radical (unpaired) electrons. The summed E-state index contributed by atoms with van der Waals surface area (Å²) >= 11 is 0. The average molecular weight is 383 g/mol. The quantitative estimate of drug-likeness (QED) is 0.394. The predicted octanol–water partition coefficient (Wildman–Crippen LogP) is 2.66. The molecule has 1 aliphatic rings. The van der Waals surface area contributed by atoms with Crippen molar-refractivity contribution in [2.24, 2.45) is 5.10 Å².